The second-order valence-corrected chi connectivity index (χ2v) is 5.63. The number of amides is 1. The SMILES string of the molecule is Cl.Cl.NC(CNC(=O)c1ncoc1-c1ccccc1Cl)C1CC1. The lowest BCUT2D eigenvalue weighted by Crippen LogP contribution is -2.38. The zero-order valence-electron chi connectivity index (χ0n) is 12.2. The Kier molecular flexibility index (Phi) is 7.35. The molecule has 0 aliphatic heterocycles. The molecule has 1 fully saturated rings. The minimum absolute atomic E-state index is 0. The van der Waals surface area contributed by atoms with Gasteiger partial charge < -0.3 is 15.5 Å². The molecule has 5 nitrogen and oxygen atoms in total. The van der Waals surface area contributed by atoms with Crippen LogP contribution >= 0.6 is 36.4 Å². The van der Waals surface area contributed by atoms with Gasteiger partial charge in [0, 0.05) is 18.2 Å². The zero-order valence-corrected chi connectivity index (χ0v) is 14.6. The lowest BCUT2D eigenvalue weighted by molar-refractivity contribution is 0.0946. The van der Waals surface area contributed by atoms with Gasteiger partial charge in [-0.05, 0) is 30.9 Å². The van der Waals surface area contributed by atoms with Gasteiger partial charge in [0.1, 0.15) is 0 Å². The van der Waals surface area contributed by atoms with E-state index in [0.29, 0.717) is 28.8 Å². The van der Waals surface area contributed by atoms with Crippen LogP contribution in [0, 0.1) is 5.92 Å². The van der Waals surface area contributed by atoms with Crippen molar-refractivity contribution >= 4 is 42.3 Å². The number of nitrogens with zero attached hydrogens (tertiary/aromatic N) is 1. The van der Waals surface area contributed by atoms with E-state index in [4.69, 9.17) is 21.8 Å². The van der Waals surface area contributed by atoms with E-state index in [2.05, 4.69) is 10.3 Å². The van der Waals surface area contributed by atoms with Crippen molar-refractivity contribution in [3.63, 3.8) is 0 Å². The van der Waals surface area contributed by atoms with E-state index in [-0.39, 0.29) is 42.5 Å². The number of hydrogen-bond donors (Lipinski definition) is 2. The highest BCUT2D eigenvalue weighted by molar-refractivity contribution is 6.33. The minimum Gasteiger partial charge on any atom is -0.443 e. The van der Waals surface area contributed by atoms with Crippen LogP contribution in [0.3, 0.4) is 0 Å². The summed E-state index contributed by atoms with van der Waals surface area (Å²) in [5.41, 5.74) is 6.85. The molecule has 3 N–H and O–H groups in total. The van der Waals surface area contributed by atoms with Crippen molar-refractivity contribution in [2.45, 2.75) is 18.9 Å². The average Bonchev–Trinajstić information content (AvgIpc) is 3.23. The van der Waals surface area contributed by atoms with E-state index < -0.39 is 0 Å². The average molecular weight is 379 g/mol. The molecule has 126 valence electrons. The number of carbonyl (C=O) groups excluding carboxylic acids is 1. The van der Waals surface area contributed by atoms with Crippen molar-refractivity contribution in [2.24, 2.45) is 11.7 Å². The first-order chi connectivity index (χ1) is 10.2. The van der Waals surface area contributed by atoms with Crippen molar-refractivity contribution in [2.75, 3.05) is 6.54 Å². The van der Waals surface area contributed by atoms with Gasteiger partial charge >= 0.3 is 0 Å². The van der Waals surface area contributed by atoms with Crippen LogP contribution in [0.25, 0.3) is 11.3 Å². The number of benzene rings is 1. The van der Waals surface area contributed by atoms with E-state index in [9.17, 15) is 4.79 Å². The number of hydrogen-bond acceptors (Lipinski definition) is 4. The Labute approximate surface area is 151 Å². The molecular formula is C15H18Cl3N3O2. The first-order valence-corrected chi connectivity index (χ1v) is 7.27. The summed E-state index contributed by atoms with van der Waals surface area (Å²) >= 11 is 6.13. The summed E-state index contributed by atoms with van der Waals surface area (Å²) in [7, 11) is 0. The summed E-state index contributed by atoms with van der Waals surface area (Å²) in [6.45, 7) is 0.443. The van der Waals surface area contributed by atoms with Crippen LogP contribution in [0.15, 0.2) is 35.1 Å². The van der Waals surface area contributed by atoms with E-state index in [1.54, 1.807) is 12.1 Å². The molecule has 1 amide bonds. The van der Waals surface area contributed by atoms with E-state index >= 15 is 0 Å². The van der Waals surface area contributed by atoms with Crippen molar-refractivity contribution in [3.8, 4) is 11.3 Å². The molecule has 2 aromatic rings. The smallest absolute Gasteiger partial charge is 0.273 e. The number of carbonyl (C=O) groups is 1. The largest absolute Gasteiger partial charge is 0.443 e. The maximum absolute atomic E-state index is 12.2. The highest BCUT2D eigenvalue weighted by Crippen LogP contribution is 2.32. The molecule has 1 saturated carbocycles. The van der Waals surface area contributed by atoms with Crippen molar-refractivity contribution < 1.29 is 9.21 Å². The first-order valence-electron chi connectivity index (χ1n) is 6.89. The second kappa shape index (κ2) is 8.55. The summed E-state index contributed by atoms with van der Waals surface area (Å²) in [5.74, 6) is 0.610. The number of aromatic nitrogens is 1. The normalized spacial score (nSPS) is 14.3. The van der Waals surface area contributed by atoms with Crippen LogP contribution in [0.2, 0.25) is 5.02 Å². The maximum atomic E-state index is 12.2. The molecule has 23 heavy (non-hydrogen) atoms. The Hall–Kier alpha value is -1.27. The standard InChI is InChI=1S/C15H16ClN3O2.2ClH/c16-11-4-2-1-3-10(11)14-13(19-8-21-14)15(20)18-7-12(17)9-5-6-9;;/h1-4,8-9,12H,5-7,17H2,(H,18,20);2*1H. The number of oxazole rings is 1. The van der Waals surface area contributed by atoms with Crippen LogP contribution in [-0.2, 0) is 0 Å². The minimum atomic E-state index is -0.297. The summed E-state index contributed by atoms with van der Waals surface area (Å²) in [6, 6.07) is 7.18. The molecule has 0 radical (unpaired) electrons. The molecule has 1 atom stereocenters. The lowest BCUT2D eigenvalue weighted by Gasteiger charge is -2.11. The predicted octanol–water partition coefficient (Wildman–Crippen LogP) is 3.31. The van der Waals surface area contributed by atoms with Crippen LogP contribution in [-0.4, -0.2) is 23.5 Å². The molecule has 1 aromatic carbocycles. The number of rotatable bonds is 5. The van der Waals surface area contributed by atoms with Crippen molar-refractivity contribution in [1.82, 2.24) is 10.3 Å². The van der Waals surface area contributed by atoms with Crippen LogP contribution in [0.1, 0.15) is 23.3 Å². The molecular weight excluding hydrogens is 361 g/mol. The predicted molar refractivity (Wildman–Crippen MR) is 94.5 cm³/mol. The Morgan fingerprint density at radius 3 is 2.74 bits per heavy atom. The molecule has 8 heteroatoms. The number of nitrogens with one attached hydrogen (secondary N) is 1. The molecule has 1 aliphatic rings. The molecule has 1 unspecified atom stereocenters. The molecule has 1 aliphatic carbocycles. The van der Waals surface area contributed by atoms with Gasteiger partial charge in [0.05, 0.1) is 5.02 Å². The maximum Gasteiger partial charge on any atom is 0.273 e. The Bertz CT molecular complexity index is 659. The summed E-state index contributed by atoms with van der Waals surface area (Å²) in [5, 5.41) is 3.32. The monoisotopic (exact) mass is 377 g/mol. The highest BCUT2D eigenvalue weighted by Gasteiger charge is 2.29. The van der Waals surface area contributed by atoms with Gasteiger partial charge in [-0.25, -0.2) is 4.98 Å². The third kappa shape index (κ3) is 4.61. The van der Waals surface area contributed by atoms with Crippen LogP contribution in [0.5, 0.6) is 0 Å². The number of nitrogens with two attached hydrogens (primary N) is 1. The zero-order chi connectivity index (χ0) is 14.8. The molecule has 0 spiro atoms. The summed E-state index contributed by atoms with van der Waals surface area (Å²) < 4.78 is 5.33. The van der Waals surface area contributed by atoms with Gasteiger partial charge in [-0.1, -0.05) is 23.7 Å². The quantitative estimate of drug-likeness (QED) is 0.836. The molecule has 0 bridgehead atoms. The van der Waals surface area contributed by atoms with E-state index in [1.807, 2.05) is 12.1 Å². The summed E-state index contributed by atoms with van der Waals surface area (Å²) in [6.07, 6.45) is 3.53. The van der Waals surface area contributed by atoms with Crippen molar-refractivity contribution in [1.29, 1.82) is 0 Å². The van der Waals surface area contributed by atoms with Crippen molar-refractivity contribution in [3.05, 3.63) is 41.4 Å². The lowest BCUT2D eigenvalue weighted by atomic mass is 10.1. The third-order valence-electron chi connectivity index (χ3n) is 3.63. The molecule has 1 aromatic heterocycles. The molecule has 3 rings (SSSR count). The van der Waals surface area contributed by atoms with E-state index in [1.165, 1.54) is 6.39 Å². The van der Waals surface area contributed by atoms with Crippen LogP contribution < -0.4 is 11.1 Å². The Morgan fingerprint density at radius 1 is 1.39 bits per heavy atom. The van der Waals surface area contributed by atoms with Crippen LogP contribution in [0.4, 0.5) is 0 Å². The van der Waals surface area contributed by atoms with Gasteiger partial charge in [0.15, 0.2) is 17.8 Å². The van der Waals surface area contributed by atoms with Gasteiger partial charge in [0.2, 0.25) is 0 Å². The fraction of sp³-hybridized carbons (Fsp3) is 0.333. The second-order valence-electron chi connectivity index (χ2n) is 5.22. The fourth-order valence-electron chi connectivity index (χ4n) is 2.23. The topological polar surface area (TPSA) is 81.1 Å². The Balaban J connectivity index is 0.00000132. The molecule has 0 saturated heterocycles. The van der Waals surface area contributed by atoms with Gasteiger partial charge in [-0.15, -0.1) is 24.8 Å². The molecule has 1 heterocycles. The van der Waals surface area contributed by atoms with Gasteiger partial charge in [-0.3, -0.25) is 4.79 Å². The van der Waals surface area contributed by atoms with Gasteiger partial charge in [0.25, 0.3) is 5.91 Å². The fourth-order valence-corrected chi connectivity index (χ4v) is 2.45. The van der Waals surface area contributed by atoms with E-state index in [0.717, 1.165) is 12.8 Å². The number of halogens is 3. The Morgan fingerprint density at radius 2 is 2.09 bits per heavy atom. The third-order valence-corrected chi connectivity index (χ3v) is 3.96. The summed E-state index contributed by atoms with van der Waals surface area (Å²) in [4.78, 5) is 16.2. The highest BCUT2D eigenvalue weighted by atomic mass is 35.5. The first kappa shape index (κ1) is 19.8. The van der Waals surface area contributed by atoms with Gasteiger partial charge in [-0.2, -0.15) is 0 Å².